The normalized spacial score (nSPS) is 9.86. The lowest BCUT2D eigenvalue weighted by Gasteiger charge is -2.02. The first-order chi connectivity index (χ1) is 9.88. The molecule has 0 amide bonds. The molecule has 1 aromatic heterocycles. The summed E-state index contributed by atoms with van der Waals surface area (Å²) in [7, 11) is 0. The van der Waals surface area contributed by atoms with Crippen LogP contribution in [0.5, 0.6) is 0 Å². The van der Waals surface area contributed by atoms with Gasteiger partial charge in [-0.3, -0.25) is 9.36 Å². The van der Waals surface area contributed by atoms with Gasteiger partial charge in [-0.25, -0.2) is 4.79 Å². The molecule has 0 bridgehead atoms. The molecule has 0 unspecified atom stereocenters. The van der Waals surface area contributed by atoms with Gasteiger partial charge in [-0.05, 0) is 23.8 Å². The van der Waals surface area contributed by atoms with Crippen molar-refractivity contribution in [2.75, 3.05) is 6.61 Å². The molecule has 1 aromatic rings. The summed E-state index contributed by atoms with van der Waals surface area (Å²) in [5, 5.41) is 11.0. The highest BCUT2D eigenvalue weighted by Crippen LogP contribution is 2.20. The summed E-state index contributed by atoms with van der Waals surface area (Å²) < 4.78 is 5.82. The van der Waals surface area contributed by atoms with Crippen molar-refractivity contribution in [3.63, 3.8) is 0 Å². The van der Waals surface area contributed by atoms with Crippen molar-refractivity contribution in [1.82, 2.24) is 9.55 Å². The summed E-state index contributed by atoms with van der Waals surface area (Å²) in [6, 6.07) is 0. The first-order valence-electron chi connectivity index (χ1n) is 6.04. The summed E-state index contributed by atoms with van der Waals surface area (Å²) in [6.07, 6.45) is 0. The molecule has 10 nitrogen and oxygen atoms in total. The molecular weight excluding hydrogens is 282 g/mol. The zero-order valence-electron chi connectivity index (χ0n) is 11.7. The standard InChI is InChI=1S/C11H13N5O5/c1-4-15-6(3)13-10(16(19)20)8(15)9(17)7(14-12)11(18)21-5-2/h4-5H2,1-3H3. The van der Waals surface area contributed by atoms with Crippen LogP contribution in [0.3, 0.4) is 0 Å². The maximum Gasteiger partial charge on any atom is 0.448 e. The molecule has 0 aliphatic heterocycles. The molecule has 0 saturated heterocycles. The lowest BCUT2D eigenvalue weighted by atomic mass is 10.2. The van der Waals surface area contributed by atoms with Gasteiger partial charge in [0.2, 0.25) is 5.82 Å². The Morgan fingerprint density at radius 3 is 2.52 bits per heavy atom. The van der Waals surface area contributed by atoms with Gasteiger partial charge in [0.15, 0.2) is 5.69 Å². The minimum absolute atomic E-state index is 0.0424. The van der Waals surface area contributed by atoms with E-state index in [4.69, 9.17) is 5.53 Å². The van der Waals surface area contributed by atoms with E-state index in [-0.39, 0.29) is 19.0 Å². The van der Waals surface area contributed by atoms with Gasteiger partial charge < -0.3 is 20.4 Å². The van der Waals surface area contributed by atoms with E-state index in [2.05, 4.69) is 14.5 Å². The largest absolute Gasteiger partial charge is 0.457 e. The molecule has 0 aromatic carbocycles. The summed E-state index contributed by atoms with van der Waals surface area (Å²) in [4.78, 5) is 40.2. The number of rotatable bonds is 6. The van der Waals surface area contributed by atoms with Crippen LogP contribution in [0.15, 0.2) is 0 Å². The Morgan fingerprint density at radius 1 is 1.48 bits per heavy atom. The van der Waals surface area contributed by atoms with E-state index in [0.29, 0.717) is 0 Å². The van der Waals surface area contributed by atoms with Crippen LogP contribution in [0.2, 0.25) is 0 Å². The number of carbonyl (C=O) groups is 2. The Balaban J connectivity index is 3.45. The van der Waals surface area contributed by atoms with Crippen molar-refractivity contribution < 1.29 is 24.0 Å². The number of ketones is 1. The maximum absolute atomic E-state index is 12.3. The van der Waals surface area contributed by atoms with Gasteiger partial charge in [-0.1, -0.05) is 0 Å². The van der Waals surface area contributed by atoms with Gasteiger partial charge in [-0.15, -0.1) is 0 Å². The van der Waals surface area contributed by atoms with E-state index in [1.54, 1.807) is 6.92 Å². The number of ether oxygens (including phenoxy) is 1. The molecular formula is C11H13N5O5. The Bertz CT molecular complexity index is 656. The summed E-state index contributed by atoms with van der Waals surface area (Å²) >= 11 is 0. The fourth-order valence-electron chi connectivity index (χ4n) is 1.78. The van der Waals surface area contributed by atoms with Crippen LogP contribution in [0.25, 0.3) is 5.53 Å². The number of hydrogen-bond donors (Lipinski definition) is 0. The minimum Gasteiger partial charge on any atom is -0.457 e. The number of aromatic nitrogens is 2. The third-order valence-corrected chi connectivity index (χ3v) is 2.63. The molecule has 0 spiro atoms. The number of carbonyl (C=O) groups excluding carboxylic acids is 2. The van der Waals surface area contributed by atoms with E-state index in [0.717, 1.165) is 0 Å². The van der Waals surface area contributed by atoms with Crippen LogP contribution >= 0.6 is 0 Å². The van der Waals surface area contributed by atoms with Gasteiger partial charge in [0.1, 0.15) is 0 Å². The van der Waals surface area contributed by atoms with Crippen LogP contribution in [0, 0.1) is 17.0 Å². The predicted octanol–water partition coefficient (Wildman–Crippen LogP) is 0.536. The minimum atomic E-state index is -1.17. The highest BCUT2D eigenvalue weighted by Gasteiger charge is 2.41. The fraction of sp³-hybridized carbons (Fsp3) is 0.455. The van der Waals surface area contributed by atoms with Crippen LogP contribution in [-0.2, 0) is 16.1 Å². The van der Waals surface area contributed by atoms with E-state index >= 15 is 0 Å². The van der Waals surface area contributed by atoms with Crippen LogP contribution in [0.1, 0.15) is 30.2 Å². The van der Waals surface area contributed by atoms with Gasteiger partial charge in [0.25, 0.3) is 0 Å². The number of esters is 1. The van der Waals surface area contributed by atoms with Gasteiger partial charge >= 0.3 is 23.3 Å². The molecule has 1 rings (SSSR count). The zero-order valence-corrected chi connectivity index (χ0v) is 11.7. The molecule has 0 aliphatic rings. The van der Waals surface area contributed by atoms with E-state index < -0.39 is 33.9 Å². The molecule has 21 heavy (non-hydrogen) atoms. The predicted molar refractivity (Wildman–Crippen MR) is 68.9 cm³/mol. The van der Waals surface area contributed by atoms with Gasteiger partial charge in [0, 0.05) is 13.5 Å². The summed E-state index contributed by atoms with van der Waals surface area (Å²) in [5.41, 5.74) is 7.46. The molecule has 0 radical (unpaired) electrons. The first kappa shape index (κ1) is 16.2. The third-order valence-electron chi connectivity index (χ3n) is 2.63. The lowest BCUT2D eigenvalue weighted by Crippen LogP contribution is -2.29. The Kier molecular flexibility index (Phi) is 5.03. The maximum atomic E-state index is 12.3. The molecule has 10 heteroatoms. The number of Topliss-reactive ketones (excluding diaryl/α,β-unsaturated/α-hetero) is 1. The van der Waals surface area contributed by atoms with Gasteiger partial charge in [-0.2, -0.15) is 4.79 Å². The van der Waals surface area contributed by atoms with Crippen LogP contribution in [0.4, 0.5) is 5.82 Å². The Hall–Kier alpha value is -2.87. The number of nitrogens with zero attached hydrogens (tertiary/aromatic N) is 5. The summed E-state index contributed by atoms with van der Waals surface area (Å²) in [6.45, 7) is 4.80. The molecule has 1 heterocycles. The van der Waals surface area contributed by atoms with E-state index in [1.165, 1.54) is 18.4 Å². The topological polar surface area (TPSA) is 141 Å². The molecule has 0 saturated carbocycles. The van der Waals surface area contributed by atoms with Gasteiger partial charge in [0.05, 0.1) is 6.61 Å². The highest BCUT2D eigenvalue weighted by molar-refractivity contribution is 6.65. The molecule has 0 fully saturated rings. The Morgan fingerprint density at radius 2 is 2.10 bits per heavy atom. The van der Waals surface area contributed by atoms with Crippen molar-refractivity contribution in [2.24, 2.45) is 0 Å². The van der Waals surface area contributed by atoms with Crippen molar-refractivity contribution in [3.8, 4) is 0 Å². The second kappa shape index (κ2) is 6.53. The average Bonchev–Trinajstić information content (AvgIpc) is 2.76. The first-order valence-corrected chi connectivity index (χ1v) is 6.04. The average molecular weight is 295 g/mol. The second-order valence-corrected chi connectivity index (χ2v) is 3.83. The van der Waals surface area contributed by atoms with Crippen molar-refractivity contribution >= 4 is 23.3 Å². The number of hydrogen-bond acceptors (Lipinski definition) is 6. The molecule has 0 aliphatic carbocycles. The van der Waals surface area contributed by atoms with Crippen LogP contribution < -0.4 is 0 Å². The fourth-order valence-corrected chi connectivity index (χ4v) is 1.78. The highest BCUT2D eigenvalue weighted by atomic mass is 16.6. The van der Waals surface area contributed by atoms with E-state index in [1.807, 2.05) is 0 Å². The number of nitro groups is 1. The zero-order chi connectivity index (χ0) is 16.2. The number of aryl methyl sites for hydroxylation is 1. The monoisotopic (exact) mass is 295 g/mol. The summed E-state index contributed by atoms with van der Waals surface area (Å²) in [5.74, 6) is -2.76. The van der Waals surface area contributed by atoms with Crippen LogP contribution in [-0.4, -0.2) is 43.3 Å². The Labute approximate surface area is 119 Å². The number of imidazole rings is 1. The molecule has 112 valence electrons. The van der Waals surface area contributed by atoms with Crippen molar-refractivity contribution in [3.05, 3.63) is 27.2 Å². The quantitative estimate of drug-likeness (QED) is 0.109. The van der Waals surface area contributed by atoms with Crippen molar-refractivity contribution in [1.29, 1.82) is 0 Å². The lowest BCUT2D eigenvalue weighted by molar-refractivity contribution is -0.389. The SMILES string of the molecule is CCOC(=O)C(=[N+]=[N-])C(=O)c1c([N+](=O)[O-])nc(C)n1CC. The molecule has 0 atom stereocenters. The smallest absolute Gasteiger partial charge is 0.448 e. The molecule has 0 N–H and O–H groups in total. The third kappa shape index (κ3) is 3.00. The second-order valence-electron chi connectivity index (χ2n) is 3.83. The van der Waals surface area contributed by atoms with Crippen molar-refractivity contribution in [2.45, 2.75) is 27.3 Å². The van der Waals surface area contributed by atoms with E-state index in [9.17, 15) is 19.7 Å².